The van der Waals surface area contributed by atoms with Gasteiger partial charge in [0.05, 0.1) is 18.8 Å². The number of nitrogens with zero attached hydrogens (tertiary/aromatic N) is 2. The highest BCUT2D eigenvalue weighted by Gasteiger charge is 2.19. The van der Waals surface area contributed by atoms with Crippen LogP contribution in [0.5, 0.6) is 5.75 Å². The smallest absolute Gasteiger partial charge is 0.122 e. The molecule has 4 heteroatoms. The summed E-state index contributed by atoms with van der Waals surface area (Å²) in [5.74, 6) is 1.60. The zero-order valence-corrected chi connectivity index (χ0v) is 11.9. The van der Waals surface area contributed by atoms with Gasteiger partial charge in [0.15, 0.2) is 0 Å². The van der Waals surface area contributed by atoms with E-state index < -0.39 is 0 Å². The lowest BCUT2D eigenvalue weighted by atomic mass is 9.96. The molecular formula is C16H21N3O. The van der Waals surface area contributed by atoms with Gasteiger partial charge in [0.2, 0.25) is 0 Å². The van der Waals surface area contributed by atoms with E-state index in [-0.39, 0.29) is 0 Å². The van der Waals surface area contributed by atoms with E-state index in [1.165, 1.54) is 32.1 Å². The molecule has 20 heavy (non-hydrogen) atoms. The van der Waals surface area contributed by atoms with E-state index in [1.807, 2.05) is 35.0 Å². The largest absolute Gasteiger partial charge is 0.497 e. The highest BCUT2D eigenvalue weighted by Crippen LogP contribution is 2.32. The molecule has 1 saturated carbocycles. The normalized spacial score (nSPS) is 16.2. The van der Waals surface area contributed by atoms with Crippen molar-refractivity contribution in [3.8, 4) is 17.0 Å². The Labute approximate surface area is 119 Å². The lowest BCUT2D eigenvalue weighted by molar-refractivity contribution is 0.333. The van der Waals surface area contributed by atoms with E-state index >= 15 is 0 Å². The lowest BCUT2D eigenvalue weighted by Gasteiger charge is -2.22. The average molecular weight is 271 g/mol. The van der Waals surface area contributed by atoms with Crippen LogP contribution in [-0.2, 0) is 0 Å². The van der Waals surface area contributed by atoms with Crippen molar-refractivity contribution < 1.29 is 4.74 Å². The van der Waals surface area contributed by atoms with Crippen molar-refractivity contribution in [1.82, 2.24) is 9.78 Å². The van der Waals surface area contributed by atoms with E-state index in [2.05, 4.69) is 0 Å². The van der Waals surface area contributed by atoms with Gasteiger partial charge in [-0.3, -0.25) is 0 Å². The van der Waals surface area contributed by atoms with Crippen LogP contribution in [0.15, 0.2) is 30.3 Å². The van der Waals surface area contributed by atoms with Crippen molar-refractivity contribution in [2.45, 2.75) is 38.1 Å². The molecule has 2 aromatic rings. The third-order valence-corrected chi connectivity index (χ3v) is 4.05. The topological polar surface area (TPSA) is 53.1 Å². The second-order valence-electron chi connectivity index (χ2n) is 5.42. The fraction of sp³-hybridized carbons (Fsp3) is 0.438. The Bertz CT molecular complexity index is 585. The third kappa shape index (κ3) is 2.50. The van der Waals surface area contributed by atoms with Crippen molar-refractivity contribution in [2.24, 2.45) is 0 Å². The first kappa shape index (κ1) is 13.0. The fourth-order valence-corrected chi connectivity index (χ4v) is 2.95. The minimum Gasteiger partial charge on any atom is -0.497 e. The standard InChI is InChI=1S/C16H21N3O/c1-20-14-9-5-6-12(10-14)15-11-16(17)19(18-15)13-7-3-2-4-8-13/h5-6,9-11,13H,2-4,7-8,17H2,1H3. The summed E-state index contributed by atoms with van der Waals surface area (Å²) in [4.78, 5) is 0. The predicted molar refractivity (Wildman–Crippen MR) is 80.7 cm³/mol. The summed E-state index contributed by atoms with van der Waals surface area (Å²) >= 11 is 0. The lowest BCUT2D eigenvalue weighted by Crippen LogP contribution is -2.16. The number of rotatable bonds is 3. The Morgan fingerprint density at radius 3 is 2.75 bits per heavy atom. The molecule has 1 aromatic heterocycles. The Morgan fingerprint density at radius 1 is 1.20 bits per heavy atom. The molecule has 0 atom stereocenters. The van der Waals surface area contributed by atoms with Gasteiger partial charge in [-0.2, -0.15) is 5.10 Å². The Kier molecular flexibility index (Phi) is 3.63. The first-order chi connectivity index (χ1) is 9.78. The first-order valence-electron chi connectivity index (χ1n) is 7.27. The maximum atomic E-state index is 6.15. The van der Waals surface area contributed by atoms with Gasteiger partial charge >= 0.3 is 0 Å². The number of anilines is 1. The molecule has 1 fully saturated rings. The molecule has 106 valence electrons. The number of nitrogens with two attached hydrogens (primary N) is 1. The molecule has 0 radical (unpaired) electrons. The average Bonchev–Trinajstić information content (AvgIpc) is 2.90. The van der Waals surface area contributed by atoms with Gasteiger partial charge < -0.3 is 10.5 Å². The van der Waals surface area contributed by atoms with Crippen LogP contribution in [0.3, 0.4) is 0 Å². The van der Waals surface area contributed by atoms with Gasteiger partial charge in [-0.25, -0.2) is 4.68 Å². The summed E-state index contributed by atoms with van der Waals surface area (Å²) in [6.45, 7) is 0. The summed E-state index contributed by atoms with van der Waals surface area (Å²) in [6.07, 6.45) is 6.25. The molecule has 0 spiro atoms. The predicted octanol–water partition coefficient (Wildman–Crippen LogP) is 3.65. The third-order valence-electron chi connectivity index (χ3n) is 4.05. The van der Waals surface area contributed by atoms with Gasteiger partial charge in [-0.05, 0) is 25.0 Å². The Balaban J connectivity index is 1.91. The zero-order chi connectivity index (χ0) is 13.9. The minimum absolute atomic E-state index is 0.461. The highest BCUT2D eigenvalue weighted by atomic mass is 16.5. The van der Waals surface area contributed by atoms with Crippen LogP contribution in [-0.4, -0.2) is 16.9 Å². The molecule has 1 aromatic carbocycles. The van der Waals surface area contributed by atoms with Crippen molar-refractivity contribution in [3.63, 3.8) is 0 Å². The zero-order valence-electron chi connectivity index (χ0n) is 11.9. The number of ether oxygens (including phenoxy) is 1. The Hall–Kier alpha value is -1.97. The number of benzene rings is 1. The maximum Gasteiger partial charge on any atom is 0.122 e. The molecule has 1 aliphatic rings. The number of aromatic nitrogens is 2. The van der Waals surface area contributed by atoms with Crippen LogP contribution < -0.4 is 10.5 Å². The summed E-state index contributed by atoms with van der Waals surface area (Å²) in [5.41, 5.74) is 8.12. The van der Waals surface area contributed by atoms with Crippen LogP contribution in [0.4, 0.5) is 5.82 Å². The molecule has 0 aliphatic heterocycles. The van der Waals surface area contributed by atoms with Crippen molar-refractivity contribution >= 4 is 5.82 Å². The number of nitrogen functional groups attached to an aromatic ring is 1. The van der Waals surface area contributed by atoms with Crippen LogP contribution in [0.1, 0.15) is 38.1 Å². The van der Waals surface area contributed by atoms with Crippen LogP contribution in [0.2, 0.25) is 0 Å². The van der Waals surface area contributed by atoms with Gasteiger partial charge in [0, 0.05) is 11.6 Å². The van der Waals surface area contributed by atoms with Crippen LogP contribution >= 0.6 is 0 Å². The molecule has 1 aliphatic carbocycles. The summed E-state index contributed by atoms with van der Waals surface area (Å²) in [6, 6.07) is 10.4. The monoisotopic (exact) mass is 271 g/mol. The summed E-state index contributed by atoms with van der Waals surface area (Å²) in [7, 11) is 1.67. The van der Waals surface area contributed by atoms with E-state index in [9.17, 15) is 0 Å². The maximum absolute atomic E-state index is 6.15. The van der Waals surface area contributed by atoms with Gasteiger partial charge in [-0.1, -0.05) is 31.4 Å². The van der Waals surface area contributed by atoms with Crippen molar-refractivity contribution in [3.05, 3.63) is 30.3 Å². The minimum atomic E-state index is 0.461. The Morgan fingerprint density at radius 2 is 2.00 bits per heavy atom. The van der Waals surface area contributed by atoms with E-state index in [4.69, 9.17) is 15.6 Å². The van der Waals surface area contributed by atoms with Crippen LogP contribution in [0, 0.1) is 0 Å². The van der Waals surface area contributed by atoms with E-state index in [0.29, 0.717) is 6.04 Å². The molecule has 1 heterocycles. The number of methoxy groups -OCH3 is 1. The van der Waals surface area contributed by atoms with E-state index in [1.54, 1.807) is 7.11 Å². The van der Waals surface area contributed by atoms with Crippen molar-refractivity contribution in [2.75, 3.05) is 12.8 Å². The SMILES string of the molecule is COc1cccc(-c2cc(N)n(C3CCCCC3)n2)c1. The molecule has 2 N–H and O–H groups in total. The van der Waals surface area contributed by atoms with Gasteiger partial charge in [0.25, 0.3) is 0 Å². The summed E-state index contributed by atoms with van der Waals surface area (Å²) < 4.78 is 7.27. The molecular weight excluding hydrogens is 250 g/mol. The number of hydrogen-bond acceptors (Lipinski definition) is 3. The molecule has 0 saturated heterocycles. The molecule has 3 rings (SSSR count). The molecule has 0 amide bonds. The molecule has 4 nitrogen and oxygen atoms in total. The molecule has 0 unspecified atom stereocenters. The van der Waals surface area contributed by atoms with E-state index in [0.717, 1.165) is 22.8 Å². The van der Waals surface area contributed by atoms with Gasteiger partial charge in [-0.15, -0.1) is 0 Å². The second-order valence-corrected chi connectivity index (χ2v) is 5.42. The van der Waals surface area contributed by atoms with Crippen LogP contribution in [0.25, 0.3) is 11.3 Å². The van der Waals surface area contributed by atoms with Crippen molar-refractivity contribution in [1.29, 1.82) is 0 Å². The fourth-order valence-electron chi connectivity index (χ4n) is 2.95. The quantitative estimate of drug-likeness (QED) is 0.927. The second kappa shape index (κ2) is 5.57. The first-order valence-corrected chi connectivity index (χ1v) is 7.27. The summed E-state index contributed by atoms with van der Waals surface area (Å²) in [5, 5.41) is 4.72. The number of hydrogen-bond donors (Lipinski definition) is 1. The molecule has 0 bridgehead atoms. The van der Waals surface area contributed by atoms with Gasteiger partial charge in [0.1, 0.15) is 11.6 Å². The highest BCUT2D eigenvalue weighted by molar-refractivity contribution is 5.64.